The van der Waals surface area contributed by atoms with E-state index in [0.717, 1.165) is 0 Å². The van der Waals surface area contributed by atoms with Crippen LogP contribution in [-0.2, 0) is 0 Å². The van der Waals surface area contributed by atoms with Crippen LogP contribution in [0.15, 0.2) is 28.7 Å². The molecule has 1 aromatic rings. The molecule has 1 aliphatic carbocycles. The van der Waals surface area contributed by atoms with Gasteiger partial charge in [-0.15, -0.1) is 0 Å². The molecule has 0 spiro atoms. The Morgan fingerprint density at radius 3 is 2.07 bits per heavy atom. The van der Waals surface area contributed by atoms with Crippen LogP contribution in [0.2, 0.25) is 0 Å². The van der Waals surface area contributed by atoms with E-state index < -0.39 is 17.8 Å². The van der Waals surface area contributed by atoms with Crippen LogP contribution in [0.25, 0.3) is 0 Å². The lowest BCUT2D eigenvalue weighted by Gasteiger charge is -1.97. The molecule has 76 valence electrons. The predicted octanol–water partition coefficient (Wildman–Crippen LogP) is 3.82. The molecule has 0 unspecified atom stereocenters. The molecule has 0 amide bonds. The quantitative estimate of drug-likeness (QED) is 0.680. The van der Waals surface area contributed by atoms with Crippen molar-refractivity contribution in [1.29, 1.82) is 0 Å². The Hall–Kier alpha value is -0.580. The number of benzene rings is 1. The molecule has 0 aromatic heterocycles. The second kappa shape index (κ2) is 2.72. The molecule has 1 aliphatic rings. The van der Waals surface area contributed by atoms with E-state index in [1.807, 2.05) is 0 Å². The average molecular weight is 269 g/mol. The molecule has 5 heteroatoms. The van der Waals surface area contributed by atoms with Crippen LogP contribution in [0, 0.1) is 0 Å². The van der Waals surface area contributed by atoms with Gasteiger partial charge in [-0.2, -0.15) is 17.6 Å². The van der Waals surface area contributed by atoms with Crippen LogP contribution >= 0.6 is 15.9 Å². The molecule has 0 nitrogen and oxygen atoms in total. The van der Waals surface area contributed by atoms with E-state index in [1.165, 1.54) is 18.2 Å². The summed E-state index contributed by atoms with van der Waals surface area (Å²) in [6, 6.07) is 5.63. The van der Waals surface area contributed by atoms with Crippen molar-refractivity contribution in [1.82, 2.24) is 0 Å². The Morgan fingerprint density at radius 1 is 1.07 bits per heavy atom. The first-order chi connectivity index (χ1) is 6.37. The van der Waals surface area contributed by atoms with Gasteiger partial charge in [0.2, 0.25) is 0 Å². The minimum absolute atomic E-state index is 0.0330. The SMILES string of the molecule is FC1(F)C(c2cccc(Br)c2)C1(F)F. The lowest BCUT2D eigenvalue weighted by atomic mass is 10.1. The summed E-state index contributed by atoms with van der Waals surface area (Å²) in [5, 5.41) is 0. The summed E-state index contributed by atoms with van der Waals surface area (Å²) < 4.78 is 51.0. The Morgan fingerprint density at radius 2 is 1.64 bits per heavy atom. The van der Waals surface area contributed by atoms with Gasteiger partial charge in [-0.05, 0) is 17.7 Å². The van der Waals surface area contributed by atoms with Crippen LogP contribution < -0.4 is 0 Å². The predicted molar refractivity (Wildman–Crippen MR) is 46.8 cm³/mol. The summed E-state index contributed by atoms with van der Waals surface area (Å²) in [6.45, 7) is 0. The minimum atomic E-state index is -3.90. The second-order valence-corrected chi connectivity index (χ2v) is 4.15. The smallest absolute Gasteiger partial charge is 0.199 e. The van der Waals surface area contributed by atoms with Crippen molar-refractivity contribution in [3.8, 4) is 0 Å². The van der Waals surface area contributed by atoms with Crippen molar-refractivity contribution in [2.45, 2.75) is 17.8 Å². The monoisotopic (exact) mass is 268 g/mol. The molecule has 0 heterocycles. The molecule has 2 rings (SSSR count). The second-order valence-electron chi connectivity index (χ2n) is 3.23. The van der Waals surface area contributed by atoms with Crippen LogP contribution in [-0.4, -0.2) is 11.8 Å². The van der Waals surface area contributed by atoms with Gasteiger partial charge in [-0.3, -0.25) is 0 Å². The van der Waals surface area contributed by atoms with E-state index in [9.17, 15) is 17.6 Å². The standard InChI is InChI=1S/C9H5BrF4/c10-6-3-1-2-5(4-6)7-8(11,12)9(7,13)14/h1-4,7H. The molecule has 1 aromatic carbocycles. The zero-order valence-corrected chi connectivity index (χ0v) is 8.36. The molecule has 14 heavy (non-hydrogen) atoms. The summed E-state index contributed by atoms with van der Waals surface area (Å²) in [6.07, 6.45) is 0. The molecular weight excluding hydrogens is 264 g/mol. The molecule has 0 aliphatic heterocycles. The van der Waals surface area contributed by atoms with E-state index in [1.54, 1.807) is 6.07 Å². The zero-order chi connectivity index (χ0) is 10.6. The maximum absolute atomic E-state index is 12.6. The highest BCUT2D eigenvalue weighted by Crippen LogP contribution is 2.68. The van der Waals surface area contributed by atoms with Crippen LogP contribution in [0.3, 0.4) is 0 Å². The summed E-state index contributed by atoms with van der Waals surface area (Å²) in [4.78, 5) is 0. The maximum Gasteiger partial charge on any atom is 0.323 e. The largest absolute Gasteiger partial charge is 0.323 e. The summed E-state index contributed by atoms with van der Waals surface area (Å²) in [5.41, 5.74) is -0.0330. The first-order valence-electron chi connectivity index (χ1n) is 3.88. The van der Waals surface area contributed by atoms with Gasteiger partial charge in [0, 0.05) is 4.47 Å². The Labute approximate surface area is 86.1 Å². The van der Waals surface area contributed by atoms with Crippen molar-refractivity contribution in [2.24, 2.45) is 0 Å². The number of hydrogen-bond acceptors (Lipinski definition) is 0. The maximum atomic E-state index is 12.6. The third kappa shape index (κ3) is 1.18. The molecule has 0 bridgehead atoms. The fourth-order valence-electron chi connectivity index (χ4n) is 1.45. The summed E-state index contributed by atoms with van der Waals surface area (Å²) in [5.74, 6) is -9.76. The Kier molecular flexibility index (Phi) is 1.93. The van der Waals surface area contributed by atoms with Crippen molar-refractivity contribution in [3.05, 3.63) is 34.3 Å². The van der Waals surface area contributed by atoms with Gasteiger partial charge in [0.1, 0.15) is 5.92 Å². The Bertz CT molecular complexity index is 361. The number of alkyl halides is 4. The van der Waals surface area contributed by atoms with Crippen molar-refractivity contribution in [2.75, 3.05) is 0 Å². The van der Waals surface area contributed by atoms with Crippen LogP contribution in [0.5, 0.6) is 0 Å². The topological polar surface area (TPSA) is 0 Å². The summed E-state index contributed by atoms with van der Waals surface area (Å²) >= 11 is 3.04. The van der Waals surface area contributed by atoms with Gasteiger partial charge < -0.3 is 0 Å². The normalized spacial score (nSPS) is 23.5. The molecule has 0 N–H and O–H groups in total. The highest BCUT2D eigenvalue weighted by Gasteiger charge is 2.85. The van der Waals surface area contributed by atoms with Gasteiger partial charge in [-0.1, -0.05) is 28.1 Å². The van der Waals surface area contributed by atoms with Gasteiger partial charge in [-0.25, -0.2) is 0 Å². The first-order valence-corrected chi connectivity index (χ1v) is 4.68. The van der Waals surface area contributed by atoms with Crippen molar-refractivity contribution >= 4 is 15.9 Å². The first kappa shape index (κ1) is 9.96. The third-order valence-corrected chi connectivity index (χ3v) is 2.76. The molecule has 0 saturated heterocycles. The lowest BCUT2D eigenvalue weighted by Crippen LogP contribution is -2.02. The highest BCUT2D eigenvalue weighted by molar-refractivity contribution is 9.10. The van der Waals surface area contributed by atoms with E-state index >= 15 is 0 Å². The van der Waals surface area contributed by atoms with Crippen molar-refractivity contribution in [3.63, 3.8) is 0 Å². The van der Waals surface area contributed by atoms with E-state index in [4.69, 9.17) is 0 Å². The number of halogens is 5. The van der Waals surface area contributed by atoms with Gasteiger partial charge in [0.25, 0.3) is 0 Å². The van der Waals surface area contributed by atoms with Crippen LogP contribution in [0.4, 0.5) is 17.6 Å². The lowest BCUT2D eigenvalue weighted by molar-refractivity contribution is -0.0278. The third-order valence-electron chi connectivity index (χ3n) is 2.27. The Balaban J connectivity index is 2.36. The van der Waals surface area contributed by atoms with E-state index in [0.29, 0.717) is 4.47 Å². The zero-order valence-electron chi connectivity index (χ0n) is 6.78. The van der Waals surface area contributed by atoms with E-state index in [2.05, 4.69) is 15.9 Å². The van der Waals surface area contributed by atoms with Gasteiger partial charge >= 0.3 is 11.8 Å². The molecular formula is C9H5BrF4. The molecule has 1 saturated carbocycles. The fourth-order valence-corrected chi connectivity index (χ4v) is 1.86. The fraction of sp³-hybridized carbons (Fsp3) is 0.333. The summed E-state index contributed by atoms with van der Waals surface area (Å²) in [7, 11) is 0. The van der Waals surface area contributed by atoms with Crippen molar-refractivity contribution < 1.29 is 17.6 Å². The average Bonchev–Trinajstić information content (AvgIpc) is 2.42. The van der Waals surface area contributed by atoms with Crippen LogP contribution in [0.1, 0.15) is 11.5 Å². The van der Waals surface area contributed by atoms with Gasteiger partial charge in [0.15, 0.2) is 0 Å². The van der Waals surface area contributed by atoms with Gasteiger partial charge in [0.05, 0.1) is 0 Å². The van der Waals surface area contributed by atoms with E-state index in [-0.39, 0.29) is 5.56 Å². The number of rotatable bonds is 1. The number of hydrogen-bond donors (Lipinski definition) is 0. The minimum Gasteiger partial charge on any atom is -0.199 e. The molecule has 1 fully saturated rings. The molecule has 0 radical (unpaired) electrons. The highest BCUT2D eigenvalue weighted by atomic mass is 79.9. The molecule has 0 atom stereocenters.